The highest BCUT2D eigenvalue weighted by atomic mass is 79.9. The van der Waals surface area contributed by atoms with Crippen LogP contribution in [0.5, 0.6) is 5.75 Å². The normalized spacial score (nSPS) is 10.1. The van der Waals surface area contributed by atoms with Gasteiger partial charge in [-0.25, -0.2) is 0 Å². The molecule has 2 aromatic carbocycles. The number of nitrogen functional groups attached to an aromatic ring is 1. The second kappa shape index (κ2) is 6.63. The summed E-state index contributed by atoms with van der Waals surface area (Å²) in [6.45, 7) is -0.109. The van der Waals surface area contributed by atoms with E-state index in [2.05, 4.69) is 21.2 Å². The molecule has 0 atom stereocenters. The van der Waals surface area contributed by atoms with Crippen molar-refractivity contribution in [2.75, 3.05) is 17.7 Å². The number of carbonyl (C=O) groups excluding carboxylic acids is 1. The Morgan fingerprint density at radius 1 is 1.30 bits per heavy atom. The third kappa shape index (κ3) is 3.88. The number of hydrogen-bond donors (Lipinski definition) is 2. The van der Waals surface area contributed by atoms with Gasteiger partial charge in [-0.05, 0) is 40.2 Å². The molecule has 0 radical (unpaired) electrons. The maximum absolute atomic E-state index is 11.8. The molecule has 2 rings (SSSR count). The number of nitrogens with one attached hydrogen (secondary N) is 1. The Bertz CT molecular complexity index is 634. The summed E-state index contributed by atoms with van der Waals surface area (Å²) in [6, 6.07) is 12.1. The number of halogens is 2. The van der Waals surface area contributed by atoms with Gasteiger partial charge < -0.3 is 15.8 Å². The molecule has 0 saturated heterocycles. The van der Waals surface area contributed by atoms with Crippen molar-refractivity contribution in [3.63, 3.8) is 0 Å². The van der Waals surface area contributed by atoms with Crippen molar-refractivity contribution in [1.29, 1.82) is 0 Å². The standard InChI is InChI=1S/C14H12BrClN2O2/c15-14-11(16)5-2-6-12(14)18-13(19)8-20-10-4-1-3-9(17)7-10/h1-7H,8,17H2,(H,18,19). The zero-order valence-corrected chi connectivity index (χ0v) is 12.7. The van der Waals surface area contributed by atoms with E-state index in [1.165, 1.54) is 0 Å². The average Bonchev–Trinajstić information content (AvgIpc) is 2.42. The number of amides is 1. The first kappa shape index (κ1) is 14.7. The van der Waals surface area contributed by atoms with E-state index in [0.29, 0.717) is 26.6 Å². The predicted octanol–water partition coefficient (Wildman–Crippen LogP) is 3.70. The van der Waals surface area contributed by atoms with Gasteiger partial charge in [0.15, 0.2) is 6.61 Å². The number of carbonyl (C=O) groups is 1. The van der Waals surface area contributed by atoms with Gasteiger partial charge in [0.05, 0.1) is 15.2 Å². The van der Waals surface area contributed by atoms with E-state index in [4.69, 9.17) is 22.1 Å². The van der Waals surface area contributed by atoms with Crippen LogP contribution in [0.25, 0.3) is 0 Å². The minimum atomic E-state index is -0.282. The molecule has 0 spiro atoms. The minimum Gasteiger partial charge on any atom is -0.484 e. The van der Waals surface area contributed by atoms with Gasteiger partial charge in [0.1, 0.15) is 5.75 Å². The van der Waals surface area contributed by atoms with Crippen molar-refractivity contribution in [1.82, 2.24) is 0 Å². The highest BCUT2D eigenvalue weighted by Crippen LogP contribution is 2.29. The highest BCUT2D eigenvalue weighted by Gasteiger charge is 2.08. The number of rotatable bonds is 4. The third-order valence-electron chi connectivity index (χ3n) is 2.45. The van der Waals surface area contributed by atoms with Gasteiger partial charge in [-0.15, -0.1) is 0 Å². The first-order valence-corrected chi connectivity index (χ1v) is 6.95. The van der Waals surface area contributed by atoms with E-state index >= 15 is 0 Å². The second-order valence-electron chi connectivity index (χ2n) is 4.01. The molecule has 0 fully saturated rings. The fourth-order valence-electron chi connectivity index (χ4n) is 1.54. The van der Waals surface area contributed by atoms with E-state index < -0.39 is 0 Å². The Morgan fingerprint density at radius 3 is 2.80 bits per heavy atom. The summed E-state index contributed by atoms with van der Waals surface area (Å²) in [4.78, 5) is 11.8. The van der Waals surface area contributed by atoms with E-state index in [1.807, 2.05) is 0 Å². The van der Waals surface area contributed by atoms with Crippen LogP contribution in [0.3, 0.4) is 0 Å². The number of nitrogens with two attached hydrogens (primary N) is 1. The van der Waals surface area contributed by atoms with Crippen molar-refractivity contribution < 1.29 is 9.53 Å². The van der Waals surface area contributed by atoms with Crippen molar-refractivity contribution >= 4 is 44.8 Å². The van der Waals surface area contributed by atoms with E-state index in [-0.39, 0.29) is 12.5 Å². The zero-order chi connectivity index (χ0) is 14.5. The predicted molar refractivity (Wildman–Crippen MR) is 84.1 cm³/mol. The van der Waals surface area contributed by atoms with Crippen LogP contribution < -0.4 is 15.8 Å². The molecule has 104 valence electrons. The van der Waals surface area contributed by atoms with Crippen molar-refractivity contribution in [2.24, 2.45) is 0 Å². The molecule has 0 aromatic heterocycles. The maximum Gasteiger partial charge on any atom is 0.262 e. The third-order valence-corrected chi connectivity index (χ3v) is 3.85. The molecule has 6 heteroatoms. The van der Waals surface area contributed by atoms with Crippen LogP contribution in [0, 0.1) is 0 Å². The molecule has 0 aliphatic carbocycles. The summed E-state index contributed by atoms with van der Waals surface area (Å²) in [5, 5.41) is 3.24. The van der Waals surface area contributed by atoms with Crippen LogP contribution in [0.1, 0.15) is 0 Å². The molecule has 0 saturated carbocycles. The van der Waals surface area contributed by atoms with Gasteiger partial charge in [0.2, 0.25) is 0 Å². The molecular weight excluding hydrogens is 344 g/mol. The molecule has 0 heterocycles. The highest BCUT2D eigenvalue weighted by molar-refractivity contribution is 9.10. The monoisotopic (exact) mass is 354 g/mol. The summed E-state index contributed by atoms with van der Waals surface area (Å²) in [5.41, 5.74) is 6.80. The first-order valence-electron chi connectivity index (χ1n) is 5.78. The lowest BCUT2D eigenvalue weighted by atomic mass is 10.3. The fourth-order valence-corrected chi connectivity index (χ4v) is 2.08. The van der Waals surface area contributed by atoms with E-state index in [0.717, 1.165) is 0 Å². The topological polar surface area (TPSA) is 64.3 Å². The molecule has 3 N–H and O–H groups in total. The van der Waals surface area contributed by atoms with Crippen LogP contribution in [-0.4, -0.2) is 12.5 Å². The Morgan fingerprint density at radius 2 is 2.05 bits per heavy atom. The van der Waals surface area contributed by atoms with Gasteiger partial charge in [0, 0.05) is 11.8 Å². The summed E-state index contributed by atoms with van der Waals surface area (Å²) in [7, 11) is 0. The molecule has 0 aliphatic heterocycles. The van der Waals surface area contributed by atoms with Crippen molar-refractivity contribution in [3.8, 4) is 5.75 Å². The van der Waals surface area contributed by atoms with Gasteiger partial charge in [-0.2, -0.15) is 0 Å². The molecule has 0 bridgehead atoms. The quantitative estimate of drug-likeness (QED) is 0.822. The summed E-state index contributed by atoms with van der Waals surface area (Å²) < 4.78 is 5.99. The number of benzene rings is 2. The van der Waals surface area contributed by atoms with Crippen molar-refractivity contribution in [2.45, 2.75) is 0 Å². The number of anilines is 2. The summed E-state index contributed by atoms with van der Waals surface area (Å²) in [5.74, 6) is 0.265. The largest absolute Gasteiger partial charge is 0.484 e. The van der Waals surface area contributed by atoms with Gasteiger partial charge in [-0.1, -0.05) is 23.7 Å². The zero-order valence-electron chi connectivity index (χ0n) is 10.4. The lowest BCUT2D eigenvalue weighted by molar-refractivity contribution is -0.118. The maximum atomic E-state index is 11.8. The molecular formula is C14H12BrClN2O2. The van der Waals surface area contributed by atoms with Gasteiger partial charge in [-0.3, -0.25) is 4.79 Å². The Hall–Kier alpha value is -1.72. The molecule has 2 aromatic rings. The Balaban J connectivity index is 1.94. The van der Waals surface area contributed by atoms with Crippen LogP contribution >= 0.6 is 27.5 Å². The molecule has 0 aliphatic rings. The number of hydrogen-bond acceptors (Lipinski definition) is 3. The Kier molecular flexibility index (Phi) is 4.87. The molecule has 4 nitrogen and oxygen atoms in total. The lowest BCUT2D eigenvalue weighted by Crippen LogP contribution is -2.20. The molecule has 20 heavy (non-hydrogen) atoms. The lowest BCUT2D eigenvalue weighted by Gasteiger charge is -2.09. The summed E-state index contributed by atoms with van der Waals surface area (Å²) >= 11 is 9.25. The minimum absolute atomic E-state index is 0.109. The van der Waals surface area contributed by atoms with Crippen LogP contribution in [-0.2, 0) is 4.79 Å². The van der Waals surface area contributed by atoms with Crippen LogP contribution in [0.2, 0.25) is 5.02 Å². The fraction of sp³-hybridized carbons (Fsp3) is 0.0714. The first-order chi connectivity index (χ1) is 9.56. The van der Waals surface area contributed by atoms with Gasteiger partial charge >= 0.3 is 0 Å². The SMILES string of the molecule is Nc1cccc(OCC(=O)Nc2cccc(Cl)c2Br)c1. The van der Waals surface area contributed by atoms with Crippen LogP contribution in [0.15, 0.2) is 46.9 Å². The number of ether oxygens (including phenoxy) is 1. The van der Waals surface area contributed by atoms with Gasteiger partial charge in [0.25, 0.3) is 5.91 Å². The summed E-state index contributed by atoms with van der Waals surface area (Å²) in [6.07, 6.45) is 0. The van der Waals surface area contributed by atoms with Crippen LogP contribution in [0.4, 0.5) is 11.4 Å². The second-order valence-corrected chi connectivity index (χ2v) is 5.21. The molecule has 0 unspecified atom stereocenters. The van der Waals surface area contributed by atoms with Crippen molar-refractivity contribution in [3.05, 3.63) is 52.0 Å². The molecule has 1 amide bonds. The Labute approximate surface area is 130 Å². The van der Waals surface area contributed by atoms with E-state index in [9.17, 15) is 4.79 Å². The average molecular weight is 356 g/mol. The van der Waals surface area contributed by atoms with E-state index in [1.54, 1.807) is 42.5 Å². The smallest absolute Gasteiger partial charge is 0.262 e.